The maximum atomic E-state index is 13.3. The van der Waals surface area contributed by atoms with E-state index in [0.29, 0.717) is 13.0 Å². The fourth-order valence-corrected chi connectivity index (χ4v) is 2.77. The van der Waals surface area contributed by atoms with Gasteiger partial charge in [0.1, 0.15) is 6.17 Å². The van der Waals surface area contributed by atoms with Crippen LogP contribution in [0.25, 0.3) is 0 Å². The van der Waals surface area contributed by atoms with Crippen LogP contribution in [-0.4, -0.2) is 37.6 Å². The van der Waals surface area contributed by atoms with Gasteiger partial charge in [0.2, 0.25) is 0 Å². The van der Waals surface area contributed by atoms with Crippen LogP contribution in [-0.2, 0) is 9.31 Å². The van der Waals surface area contributed by atoms with Gasteiger partial charge in [-0.3, -0.25) is 0 Å². The molecule has 2 aliphatic heterocycles. The van der Waals surface area contributed by atoms with E-state index in [1.54, 1.807) is 0 Å². The molecule has 3 nitrogen and oxygen atoms in total. The lowest BCUT2D eigenvalue weighted by atomic mass is 9.79. The summed E-state index contributed by atoms with van der Waals surface area (Å²) in [6.45, 7) is 9.48. The van der Waals surface area contributed by atoms with E-state index in [-0.39, 0.29) is 18.3 Å². The van der Waals surface area contributed by atoms with Crippen molar-refractivity contribution >= 4 is 18.3 Å². The van der Waals surface area contributed by atoms with E-state index < -0.39 is 6.17 Å². The predicted molar refractivity (Wildman–Crippen MR) is 83.9 cm³/mol. The molecule has 2 fully saturated rings. The second-order valence-electron chi connectivity index (χ2n) is 7.01. The maximum absolute atomic E-state index is 13.3. The molecule has 114 valence electrons. The first-order valence-electron chi connectivity index (χ1n) is 7.63. The van der Waals surface area contributed by atoms with Crippen molar-refractivity contribution in [2.24, 2.45) is 0 Å². The van der Waals surface area contributed by atoms with Gasteiger partial charge in [-0.25, -0.2) is 4.39 Å². The van der Waals surface area contributed by atoms with Gasteiger partial charge in [-0.2, -0.15) is 0 Å². The molecule has 2 saturated heterocycles. The summed E-state index contributed by atoms with van der Waals surface area (Å²) in [7, 11) is -0.337. The van der Waals surface area contributed by atoms with Gasteiger partial charge >= 0.3 is 7.12 Å². The third-order valence-corrected chi connectivity index (χ3v) is 4.91. The van der Waals surface area contributed by atoms with Crippen molar-refractivity contribution in [1.82, 2.24) is 0 Å². The number of hydrogen-bond acceptors (Lipinski definition) is 3. The van der Waals surface area contributed by atoms with Gasteiger partial charge in [-0.05, 0) is 51.7 Å². The van der Waals surface area contributed by atoms with Crippen LogP contribution in [0.1, 0.15) is 34.1 Å². The Bertz CT molecular complexity index is 502. The second kappa shape index (κ2) is 4.99. The molecule has 0 radical (unpaired) electrons. The molecule has 2 aliphatic rings. The zero-order chi connectivity index (χ0) is 15.3. The van der Waals surface area contributed by atoms with Crippen molar-refractivity contribution in [2.75, 3.05) is 18.0 Å². The van der Waals surface area contributed by atoms with Gasteiger partial charge in [0.05, 0.1) is 11.2 Å². The molecule has 0 N–H and O–H groups in total. The minimum atomic E-state index is -0.701. The minimum absolute atomic E-state index is 0.327. The van der Waals surface area contributed by atoms with Crippen molar-refractivity contribution in [1.29, 1.82) is 0 Å². The molecule has 0 aromatic heterocycles. The summed E-state index contributed by atoms with van der Waals surface area (Å²) in [4.78, 5) is 2.08. The van der Waals surface area contributed by atoms with E-state index in [4.69, 9.17) is 9.31 Å². The standard InChI is InChI=1S/C16H23BFNO2/c1-15(2)16(3,4)21-17(20-15)12-5-7-14(8-6-12)19-10-9-13(18)11-19/h5-8,13H,9-11H2,1-4H3/t13-/m1/s1. The number of halogens is 1. The first-order chi connectivity index (χ1) is 9.78. The molecule has 1 atom stereocenters. The van der Waals surface area contributed by atoms with Gasteiger partial charge in [-0.15, -0.1) is 0 Å². The highest BCUT2D eigenvalue weighted by molar-refractivity contribution is 6.62. The van der Waals surface area contributed by atoms with E-state index in [1.165, 1.54) is 0 Å². The van der Waals surface area contributed by atoms with Crippen LogP contribution in [0, 0.1) is 0 Å². The van der Waals surface area contributed by atoms with E-state index >= 15 is 0 Å². The van der Waals surface area contributed by atoms with Gasteiger partial charge in [0.25, 0.3) is 0 Å². The number of nitrogens with zero attached hydrogens (tertiary/aromatic N) is 1. The lowest BCUT2D eigenvalue weighted by Crippen LogP contribution is -2.41. The zero-order valence-corrected chi connectivity index (χ0v) is 13.2. The highest BCUT2D eigenvalue weighted by atomic mass is 19.1. The second-order valence-corrected chi connectivity index (χ2v) is 7.01. The summed E-state index contributed by atoms with van der Waals surface area (Å²) in [6, 6.07) is 8.09. The Balaban J connectivity index is 1.74. The smallest absolute Gasteiger partial charge is 0.399 e. The number of anilines is 1. The number of rotatable bonds is 2. The molecule has 0 bridgehead atoms. The highest BCUT2D eigenvalue weighted by Crippen LogP contribution is 2.36. The fourth-order valence-electron chi connectivity index (χ4n) is 2.77. The van der Waals surface area contributed by atoms with Gasteiger partial charge in [-0.1, -0.05) is 12.1 Å². The lowest BCUT2D eigenvalue weighted by molar-refractivity contribution is 0.00578. The molecule has 1 aromatic rings. The molecule has 3 rings (SSSR count). The summed E-state index contributed by atoms with van der Waals surface area (Å²) >= 11 is 0. The van der Waals surface area contributed by atoms with Crippen LogP contribution < -0.4 is 10.4 Å². The van der Waals surface area contributed by atoms with Crippen molar-refractivity contribution < 1.29 is 13.7 Å². The minimum Gasteiger partial charge on any atom is -0.399 e. The molecule has 0 aliphatic carbocycles. The Morgan fingerprint density at radius 1 is 1.10 bits per heavy atom. The SMILES string of the molecule is CC1(C)OB(c2ccc(N3CC[C@@H](F)C3)cc2)OC1(C)C. The van der Waals surface area contributed by atoms with Crippen LogP contribution in [0.2, 0.25) is 0 Å². The summed E-state index contributed by atoms with van der Waals surface area (Å²) in [5.41, 5.74) is 1.42. The van der Waals surface area contributed by atoms with Gasteiger partial charge in [0.15, 0.2) is 0 Å². The Hall–Kier alpha value is -1.07. The van der Waals surface area contributed by atoms with E-state index in [2.05, 4.69) is 4.90 Å². The van der Waals surface area contributed by atoms with Crippen LogP contribution in [0.4, 0.5) is 10.1 Å². The average molecular weight is 291 g/mol. The molecule has 1 aromatic carbocycles. The summed E-state index contributed by atoms with van der Waals surface area (Å²) in [5.74, 6) is 0. The third kappa shape index (κ3) is 2.69. The molecule has 5 heteroatoms. The molecule has 2 heterocycles. The van der Waals surface area contributed by atoms with E-state index in [0.717, 1.165) is 17.7 Å². The number of hydrogen-bond donors (Lipinski definition) is 0. The highest BCUT2D eigenvalue weighted by Gasteiger charge is 2.51. The predicted octanol–water partition coefficient (Wildman–Crippen LogP) is 2.53. The molecule has 0 saturated carbocycles. The zero-order valence-electron chi connectivity index (χ0n) is 13.2. The monoisotopic (exact) mass is 291 g/mol. The topological polar surface area (TPSA) is 21.7 Å². The van der Waals surface area contributed by atoms with Crippen LogP contribution >= 0.6 is 0 Å². The summed E-state index contributed by atoms with van der Waals surface area (Å²) < 4.78 is 25.3. The Morgan fingerprint density at radius 2 is 1.67 bits per heavy atom. The number of benzene rings is 1. The van der Waals surface area contributed by atoms with Crippen molar-refractivity contribution in [2.45, 2.75) is 51.5 Å². The lowest BCUT2D eigenvalue weighted by Gasteiger charge is -2.32. The van der Waals surface area contributed by atoms with Gasteiger partial charge in [0, 0.05) is 18.8 Å². The summed E-state index contributed by atoms with van der Waals surface area (Å²) in [6.07, 6.45) is -0.0771. The molecule has 21 heavy (non-hydrogen) atoms. The quantitative estimate of drug-likeness (QED) is 0.782. The molecular formula is C16H23BFNO2. The normalized spacial score (nSPS) is 27.4. The van der Waals surface area contributed by atoms with Crippen molar-refractivity contribution in [3.8, 4) is 0 Å². The Kier molecular flexibility index (Phi) is 3.53. The van der Waals surface area contributed by atoms with Crippen LogP contribution in [0.3, 0.4) is 0 Å². The summed E-state index contributed by atoms with van der Waals surface area (Å²) in [5, 5.41) is 0. The van der Waals surface area contributed by atoms with E-state index in [1.807, 2.05) is 52.0 Å². The number of alkyl halides is 1. The molecule has 0 amide bonds. The fraction of sp³-hybridized carbons (Fsp3) is 0.625. The van der Waals surface area contributed by atoms with E-state index in [9.17, 15) is 4.39 Å². The van der Waals surface area contributed by atoms with Gasteiger partial charge < -0.3 is 14.2 Å². The van der Waals surface area contributed by atoms with Crippen molar-refractivity contribution in [3.63, 3.8) is 0 Å². The molecule has 0 unspecified atom stereocenters. The van der Waals surface area contributed by atoms with Crippen LogP contribution in [0.5, 0.6) is 0 Å². The largest absolute Gasteiger partial charge is 0.494 e. The Morgan fingerprint density at radius 3 is 2.14 bits per heavy atom. The maximum Gasteiger partial charge on any atom is 0.494 e. The third-order valence-electron chi connectivity index (χ3n) is 4.91. The average Bonchev–Trinajstić information content (AvgIpc) is 2.92. The first-order valence-corrected chi connectivity index (χ1v) is 7.63. The van der Waals surface area contributed by atoms with Crippen LogP contribution in [0.15, 0.2) is 24.3 Å². The first kappa shape index (κ1) is 14.9. The van der Waals surface area contributed by atoms with Crippen molar-refractivity contribution in [3.05, 3.63) is 24.3 Å². The Labute approximate surface area is 126 Å². The molecular weight excluding hydrogens is 268 g/mol. The molecule has 0 spiro atoms.